The molecule has 0 unspecified atom stereocenters. The van der Waals surface area contributed by atoms with Crippen molar-refractivity contribution in [3.05, 3.63) is 60.2 Å². The first kappa shape index (κ1) is 20.4. The first-order valence-electron chi connectivity index (χ1n) is 9.53. The van der Waals surface area contributed by atoms with Crippen molar-refractivity contribution < 1.29 is 17.9 Å². The molecule has 1 fully saturated rings. The van der Waals surface area contributed by atoms with E-state index in [2.05, 4.69) is 4.72 Å². The molecule has 0 saturated carbocycles. The largest absolute Gasteiger partial charge is 0.484 e. The fourth-order valence-corrected chi connectivity index (χ4v) is 4.44. The Morgan fingerprint density at radius 3 is 2.32 bits per heavy atom. The zero-order chi connectivity index (χ0) is 20.0. The average Bonchev–Trinajstić information content (AvgIpc) is 2.73. The molecule has 1 saturated heterocycles. The van der Waals surface area contributed by atoms with E-state index in [0.29, 0.717) is 5.75 Å². The van der Waals surface area contributed by atoms with Gasteiger partial charge in [0, 0.05) is 19.1 Å². The van der Waals surface area contributed by atoms with E-state index in [1.165, 1.54) is 12.1 Å². The second-order valence-electron chi connectivity index (χ2n) is 6.96. The molecule has 28 heavy (non-hydrogen) atoms. The molecule has 1 N–H and O–H groups in total. The van der Waals surface area contributed by atoms with E-state index >= 15 is 0 Å². The van der Waals surface area contributed by atoms with Gasteiger partial charge in [-0.2, -0.15) is 0 Å². The quantitative estimate of drug-likeness (QED) is 0.772. The van der Waals surface area contributed by atoms with Gasteiger partial charge < -0.3 is 9.64 Å². The molecule has 6 nitrogen and oxygen atoms in total. The normalized spacial score (nSPS) is 15.8. The lowest BCUT2D eigenvalue weighted by atomic mass is 10.1. The van der Waals surface area contributed by atoms with Crippen LogP contribution in [0.15, 0.2) is 59.5 Å². The van der Waals surface area contributed by atoms with E-state index in [4.69, 9.17) is 4.74 Å². The number of hydrogen-bond donors (Lipinski definition) is 1. The van der Waals surface area contributed by atoms with E-state index < -0.39 is 10.0 Å². The van der Waals surface area contributed by atoms with Crippen molar-refractivity contribution in [3.63, 3.8) is 0 Å². The standard InChI is InChI=1S/C21H26N2O4S/c1-17(18-8-4-2-5-9-18)22-28(25,26)20-12-10-19(11-13-20)27-16-21(24)23-14-6-3-7-15-23/h2,4-5,8-13,17,22H,3,6-7,14-16H2,1H3/t17-/m0/s1. The lowest BCUT2D eigenvalue weighted by Crippen LogP contribution is -2.38. The molecule has 1 aliphatic rings. The van der Waals surface area contributed by atoms with Crippen molar-refractivity contribution in [3.8, 4) is 5.75 Å². The topological polar surface area (TPSA) is 75.7 Å². The fraction of sp³-hybridized carbons (Fsp3) is 0.381. The lowest BCUT2D eigenvalue weighted by molar-refractivity contribution is -0.134. The highest BCUT2D eigenvalue weighted by Gasteiger charge is 2.19. The second-order valence-corrected chi connectivity index (χ2v) is 8.67. The van der Waals surface area contributed by atoms with Gasteiger partial charge in [0.1, 0.15) is 5.75 Å². The van der Waals surface area contributed by atoms with Gasteiger partial charge in [-0.1, -0.05) is 30.3 Å². The molecule has 1 amide bonds. The maximum Gasteiger partial charge on any atom is 0.260 e. The van der Waals surface area contributed by atoms with Crippen LogP contribution in [0.2, 0.25) is 0 Å². The summed E-state index contributed by atoms with van der Waals surface area (Å²) in [6, 6.07) is 15.2. The monoisotopic (exact) mass is 402 g/mol. The predicted octanol–water partition coefficient (Wildman–Crippen LogP) is 3.12. The minimum absolute atomic E-state index is 0.0324. The smallest absolute Gasteiger partial charge is 0.260 e. The van der Waals surface area contributed by atoms with Crippen LogP contribution in [0.4, 0.5) is 0 Å². The van der Waals surface area contributed by atoms with Crippen LogP contribution in [0.25, 0.3) is 0 Å². The Bertz CT molecular complexity index is 876. The van der Waals surface area contributed by atoms with Crippen molar-refractivity contribution in [2.45, 2.75) is 37.1 Å². The Kier molecular flexibility index (Phi) is 6.70. The van der Waals surface area contributed by atoms with E-state index in [-0.39, 0.29) is 23.5 Å². The molecule has 7 heteroatoms. The van der Waals surface area contributed by atoms with Crippen molar-refractivity contribution in [1.29, 1.82) is 0 Å². The minimum atomic E-state index is -3.65. The molecule has 1 atom stereocenters. The summed E-state index contributed by atoms with van der Waals surface area (Å²) in [4.78, 5) is 14.1. The molecule has 0 radical (unpaired) electrons. The highest BCUT2D eigenvalue weighted by atomic mass is 32.2. The summed E-state index contributed by atoms with van der Waals surface area (Å²) in [7, 11) is -3.65. The number of sulfonamides is 1. The van der Waals surface area contributed by atoms with Gasteiger partial charge in [0.05, 0.1) is 4.90 Å². The number of ether oxygens (including phenoxy) is 1. The zero-order valence-electron chi connectivity index (χ0n) is 16.0. The van der Waals surface area contributed by atoms with E-state index in [1.807, 2.05) is 35.2 Å². The third-order valence-electron chi connectivity index (χ3n) is 4.84. The summed E-state index contributed by atoms with van der Waals surface area (Å²) in [6.45, 7) is 3.33. The molecular weight excluding hydrogens is 376 g/mol. The second kappa shape index (κ2) is 9.21. The Morgan fingerprint density at radius 2 is 1.68 bits per heavy atom. The third kappa shape index (κ3) is 5.33. The number of benzene rings is 2. The number of nitrogens with one attached hydrogen (secondary N) is 1. The molecule has 0 spiro atoms. The molecule has 3 rings (SSSR count). The highest BCUT2D eigenvalue weighted by Crippen LogP contribution is 2.20. The van der Waals surface area contributed by atoms with Crippen molar-refractivity contribution in [2.24, 2.45) is 0 Å². The van der Waals surface area contributed by atoms with Crippen LogP contribution in [-0.4, -0.2) is 38.9 Å². The van der Waals surface area contributed by atoms with Crippen LogP contribution in [-0.2, 0) is 14.8 Å². The number of amides is 1. The number of carbonyl (C=O) groups excluding carboxylic acids is 1. The molecule has 150 valence electrons. The van der Waals surface area contributed by atoms with Gasteiger partial charge in [-0.05, 0) is 56.0 Å². The molecule has 0 bridgehead atoms. The molecule has 2 aromatic carbocycles. The number of hydrogen-bond acceptors (Lipinski definition) is 4. The summed E-state index contributed by atoms with van der Waals surface area (Å²) in [5.74, 6) is 0.440. The molecule has 0 aromatic heterocycles. The molecule has 1 aliphatic heterocycles. The minimum Gasteiger partial charge on any atom is -0.484 e. The van der Waals surface area contributed by atoms with Crippen LogP contribution < -0.4 is 9.46 Å². The summed E-state index contributed by atoms with van der Waals surface area (Å²) < 4.78 is 33.4. The van der Waals surface area contributed by atoms with Crippen molar-refractivity contribution in [2.75, 3.05) is 19.7 Å². The summed E-state index contributed by atoms with van der Waals surface area (Å²) in [6.07, 6.45) is 3.23. The predicted molar refractivity (Wildman–Crippen MR) is 108 cm³/mol. The first-order valence-corrected chi connectivity index (χ1v) is 11.0. The SMILES string of the molecule is C[C@H](NS(=O)(=O)c1ccc(OCC(=O)N2CCCCC2)cc1)c1ccccc1. The Labute approximate surface area is 166 Å². The van der Waals surface area contributed by atoms with Crippen LogP contribution in [0, 0.1) is 0 Å². The van der Waals surface area contributed by atoms with Gasteiger partial charge in [-0.25, -0.2) is 13.1 Å². The third-order valence-corrected chi connectivity index (χ3v) is 6.39. The number of nitrogens with zero attached hydrogens (tertiary/aromatic N) is 1. The highest BCUT2D eigenvalue weighted by molar-refractivity contribution is 7.89. The average molecular weight is 403 g/mol. The maximum atomic E-state index is 12.6. The summed E-state index contributed by atoms with van der Waals surface area (Å²) >= 11 is 0. The van der Waals surface area contributed by atoms with Crippen molar-refractivity contribution in [1.82, 2.24) is 9.62 Å². The van der Waals surface area contributed by atoms with Gasteiger partial charge in [0.2, 0.25) is 10.0 Å². The lowest BCUT2D eigenvalue weighted by Gasteiger charge is -2.26. The maximum absolute atomic E-state index is 12.6. The van der Waals surface area contributed by atoms with Gasteiger partial charge in [-0.3, -0.25) is 4.79 Å². The van der Waals surface area contributed by atoms with Crippen LogP contribution in [0.3, 0.4) is 0 Å². The summed E-state index contributed by atoms with van der Waals surface area (Å²) in [5.41, 5.74) is 0.891. The number of likely N-dealkylation sites (tertiary alicyclic amines) is 1. The number of piperidine rings is 1. The first-order chi connectivity index (χ1) is 13.5. The number of rotatable bonds is 7. The van der Waals surface area contributed by atoms with E-state index in [0.717, 1.165) is 37.9 Å². The zero-order valence-corrected chi connectivity index (χ0v) is 16.8. The van der Waals surface area contributed by atoms with Gasteiger partial charge >= 0.3 is 0 Å². The Balaban J connectivity index is 1.57. The molecule has 0 aliphatic carbocycles. The number of carbonyl (C=O) groups is 1. The van der Waals surface area contributed by atoms with Crippen LogP contribution in [0.1, 0.15) is 37.8 Å². The Morgan fingerprint density at radius 1 is 1.04 bits per heavy atom. The van der Waals surface area contributed by atoms with E-state index in [9.17, 15) is 13.2 Å². The Hall–Kier alpha value is -2.38. The van der Waals surface area contributed by atoms with Gasteiger partial charge in [0.15, 0.2) is 6.61 Å². The van der Waals surface area contributed by atoms with Crippen LogP contribution >= 0.6 is 0 Å². The van der Waals surface area contributed by atoms with Gasteiger partial charge in [-0.15, -0.1) is 0 Å². The molecular formula is C21H26N2O4S. The van der Waals surface area contributed by atoms with Gasteiger partial charge in [0.25, 0.3) is 5.91 Å². The van der Waals surface area contributed by atoms with Crippen LogP contribution in [0.5, 0.6) is 5.75 Å². The van der Waals surface area contributed by atoms with E-state index in [1.54, 1.807) is 19.1 Å². The van der Waals surface area contributed by atoms with Crippen molar-refractivity contribution >= 4 is 15.9 Å². The summed E-state index contributed by atoms with van der Waals surface area (Å²) in [5, 5.41) is 0. The molecule has 2 aromatic rings. The molecule has 1 heterocycles. The fourth-order valence-electron chi connectivity index (χ4n) is 3.21.